The van der Waals surface area contributed by atoms with Crippen molar-refractivity contribution in [3.05, 3.63) is 84.0 Å². The fourth-order valence-electron chi connectivity index (χ4n) is 2.71. The average Bonchev–Trinajstić information content (AvgIpc) is 3.19. The van der Waals surface area contributed by atoms with Crippen LogP contribution in [0, 0.1) is 0 Å². The molecule has 0 unspecified atom stereocenters. The Morgan fingerprint density at radius 3 is 2.78 bits per heavy atom. The van der Waals surface area contributed by atoms with Crippen molar-refractivity contribution in [3.8, 4) is 16.9 Å². The Morgan fingerprint density at radius 2 is 1.96 bits per heavy atom. The van der Waals surface area contributed by atoms with E-state index in [1.807, 2.05) is 66.7 Å². The minimum absolute atomic E-state index is 0.631. The van der Waals surface area contributed by atoms with Crippen molar-refractivity contribution < 1.29 is 0 Å². The van der Waals surface area contributed by atoms with Crippen LogP contribution in [0.15, 0.2) is 73.3 Å². The zero-order chi connectivity index (χ0) is 18.6. The summed E-state index contributed by atoms with van der Waals surface area (Å²) in [6.45, 7) is 0.631. The van der Waals surface area contributed by atoms with Crippen LogP contribution in [0.5, 0.6) is 0 Å². The molecule has 0 spiro atoms. The van der Waals surface area contributed by atoms with Crippen molar-refractivity contribution in [1.29, 1.82) is 0 Å². The first kappa shape index (κ1) is 17.2. The van der Waals surface area contributed by atoms with Gasteiger partial charge < -0.3 is 4.90 Å². The minimum Gasteiger partial charge on any atom is -0.338 e. The van der Waals surface area contributed by atoms with Crippen LogP contribution in [-0.2, 0) is 6.54 Å². The van der Waals surface area contributed by atoms with Crippen LogP contribution in [0.25, 0.3) is 16.9 Å². The first-order chi connectivity index (χ1) is 13.2. The van der Waals surface area contributed by atoms with Gasteiger partial charge in [-0.25, -0.2) is 14.6 Å². The Balaban J connectivity index is 1.58. The Morgan fingerprint density at radius 1 is 1.04 bits per heavy atom. The zero-order valence-corrected chi connectivity index (χ0v) is 15.5. The van der Waals surface area contributed by atoms with Crippen molar-refractivity contribution >= 4 is 17.5 Å². The molecule has 134 valence electrons. The molecule has 7 heteroatoms. The summed E-state index contributed by atoms with van der Waals surface area (Å²) >= 11 is 6.07. The van der Waals surface area contributed by atoms with Crippen molar-refractivity contribution in [1.82, 2.24) is 24.7 Å². The van der Waals surface area contributed by atoms with E-state index in [1.165, 1.54) is 0 Å². The highest BCUT2D eigenvalue weighted by molar-refractivity contribution is 6.30. The predicted octanol–water partition coefficient (Wildman–Crippen LogP) is 4.01. The number of benzene rings is 1. The molecule has 0 bridgehead atoms. The van der Waals surface area contributed by atoms with Gasteiger partial charge >= 0.3 is 0 Å². The molecule has 0 atom stereocenters. The van der Waals surface area contributed by atoms with E-state index >= 15 is 0 Å². The van der Waals surface area contributed by atoms with E-state index in [4.69, 9.17) is 11.6 Å². The Kier molecular flexibility index (Phi) is 4.80. The molecule has 0 aliphatic carbocycles. The number of anilines is 1. The highest BCUT2D eigenvalue weighted by Crippen LogP contribution is 2.21. The van der Waals surface area contributed by atoms with Gasteiger partial charge in [-0.3, -0.25) is 4.98 Å². The predicted molar refractivity (Wildman–Crippen MR) is 106 cm³/mol. The lowest BCUT2D eigenvalue weighted by molar-refractivity contribution is 0.842. The molecular weight excluding hydrogens is 360 g/mol. The summed E-state index contributed by atoms with van der Waals surface area (Å²) in [6.07, 6.45) is 7.25. The third-order valence-corrected chi connectivity index (χ3v) is 4.30. The molecule has 0 fully saturated rings. The van der Waals surface area contributed by atoms with Crippen molar-refractivity contribution in [2.24, 2.45) is 0 Å². The maximum Gasteiger partial charge on any atom is 0.225 e. The van der Waals surface area contributed by atoms with Crippen molar-refractivity contribution in [2.75, 3.05) is 11.9 Å². The molecule has 3 heterocycles. The second-order valence-electron chi connectivity index (χ2n) is 6.07. The van der Waals surface area contributed by atoms with Gasteiger partial charge in [-0.15, -0.1) is 0 Å². The van der Waals surface area contributed by atoms with Crippen LogP contribution in [0.1, 0.15) is 5.69 Å². The molecule has 0 radical (unpaired) electrons. The van der Waals surface area contributed by atoms with Crippen molar-refractivity contribution in [3.63, 3.8) is 0 Å². The Hall–Kier alpha value is -3.25. The van der Waals surface area contributed by atoms with Gasteiger partial charge in [0, 0.05) is 36.2 Å². The number of nitrogens with zero attached hydrogens (tertiary/aromatic N) is 6. The molecule has 0 aliphatic rings. The summed E-state index contributed by atoms with van der Waals surface area (Å²) in [5.74, 6) is 0.633. The Labute approximate surface area is 162 Å². The molecule has 6 nitrogen and oxygen atoms in total. The van der Waals surface area contributed by atoms with Gasteiger partial charge in [0.2, 0.25) is 5.95 Å². The molecule has 4 rings (SSSR count). The lowest BCUT2D eigenvalue weighted by Crippen LogP contribution is -2.19. The SMILES string of the molecule is CN(Cc1ccccn1)c1nccc(-c2cnn(-c3cccc(Cl)c3)c2)n1. The lowest BCUT2D eigenvalue weighted by atomic mass is 10.2. The molecule has 4 aromatic rings. The Bertz CT molecular complexity index is 1050. The number of halogens is 1. The third-order valence-electron chi connectivity index (χ3n) is 4.06. The van der Waals surface area contributed by atoms with Crippen LogP contribution >= 0.6 is 11.6 Å². The first-order valence-electron chi connectivity index (χ1n) is 8.44. The number of hydrogen-bond acceptors (Lipinski definition) is 5. The average molecular weight is 377 g/mol. The standard InChI is InChI=1S/C20H17ClN6/c1-26(14-17-6-2-3-9-22-17)20-23-10-8-19(25-20)15-12-24-27(13-15)18-7-4-5-16(21)11-18/h2-13H,14H2,1H3. The number of rotatable bonds is 5. The van der Waals surface area contributed by atoms with Crippen LogP contribution in [0.3, 0.4) is 0 Å². The molecule has 0 aliphatic heterocycles. The minimum atomic E-state index is 0.631. The van der Waals surface area contributed by atoms with Gasteiger partial charge in [-0.05, 0) is 36.4 Å². The van der Waals surface area contributed by atoms with E-state index in [1.54, 1.807) is 23.3 Å². The first-order valence-corrected chi connectivity index (χ1v) is 8.82. The van der Waals surface area contributed by atoms with E-state index in [2.05, 4.69) is 20.1 Å². The summed E-state index contributed by atoms with van der Waals surface area (Å²) in [7, 11) is 1.95. The van der Waals surface area contributed by atoms with E-state index < -0.39 is 0 Å². The molecule has 0 amide bonds. The maximum atomic E-state index is 6.07. The van der Waals surface area contributed by atoms with E-state index in [0.29, 0.717) is 17.5 Å². The maximum absolute atomic E-state index is 6.07. The number of aromatic nitrogens is 5. The fraction of sp³-hybridized carbons (Fsp3) is 0.100. The highest BCUT2D eigenvalue weighted by atomic mass is 35.5. The van der Waals surface area contributed by atoms with E-state index in [0.717, 1.165) is 22.6 Å². The lowest BCUT2D eigenvalue weighted by Gasteiger charge is -2.16. The molecular formula is C20H17ClN6. The van der Waals surface area contributed by atoms with Crippen LogP contribution in [-0.4, -0.2) is 31.8 Å². The van der Waals surface area contributed by atoms with Gasteiger partial charge in [-0.2, -0.15) is 5.10 Å². The molecule has 0 saturated heterocycles. The topological polar surface area (TPSA) is 59.7 Å². The molecule has 1 aromatic carbocycles. The van der Waals surface area contributed by atoms with Gasteiger partial charge in [-0.1, -0.05) is 23.7 Å². The number of pyridine rings is 1. The summed E-state index contributed by atoms with van der Waals surface area (Å²) in [5.41, 5.74) is 3.57. The van der Waals surface area contributed by atoms with Gasteiger partial charge in [0.05, 0.1) is 29.8 Å². The molecule has 27 heavy (non-hydrogen) atoms. The fourth-order valence-corrected chi connectivity index (χ4v) is 2.90. The highest BCUT2D eigenvalue weighted by Gasteiger charge is 2.10. The van der Waals surface area contributed by atoms with Crippen LogP contribution in [0.2, 0.25) is 5.02 Å². The largest absolute Gasteiger partial charge is 0.338 e. The molecule has 0 N–H and O–H groups in total. The summed E-state index contributed by atoms with van der Waals surface area (Å²) < 4.78 is 1.78. The molecule has 3 aromatic heterocycles. The quantitative estimate of drug-likeness (QED) is 0.526. The smallest absolute Gasteiger partial charge is 0.225 e. The zero-order valence-electron chi connectivity index (χ0n) is 14.7. The van der Waals surface area contributed by atoms with Gasteiger partial charge in [0.15, 0.2) is 0 Å². The van der Waals surface area contributed by atoms with Crippen LogP contribution < -0.4 is 4.90 Å². The summed E-state index contributed by atoms with van der Waals surface area (Å²) in [6, 6.07) is 15.3. The molecule has 0 saturated carbocycles. The van der Waals surface area contributed by atoms with Crippen LogP contribution in [0.4, 0.5) is 5.95 Å². The van der Waals surface area contributed by atoms with E-state index in [-0.39, 0.29) is 0 Å². The normalized spacial score (nSPS) is 10.7. The van der Waals surface area contributed by atoms with Gasteiger partial charge in [0.1, 0.15) is 0 Å². The van der Waals surface area contributed by atoms with Gasteiger partial charge in [0.25, 0.3) is 0 Å². The summed E-state index contributed by atoms with van der Waals surface area (Å²) in [5, 5.41) is 5.09. The third kappa shape index (κ3) is 3.96. The second kappa shape index (κ2) is 7.55. The van der Waals surface area contributed by atoms with E-state index in [9.17, 15) is 0 Å². The van der Waals surface area contributed by atoms with Crippen molar-refractivity contribution in [2.45, 2.75) is 6.54 Å². The second-order valence-corrected chi connectivity index (χ2v) is 6.51. The number of hydrogen-bond donors (Lipinski definition) is 0. The summed E-state index contributed by atoms with van der Waals surface area (Å²) in [4.78, 5) is 15.4. The monoisotopic (exact) mass is 376 g/mol.